The zero-order valence-electron chi connectivity index (χ0n) is 16.9. The number of nitrogens with zero attached hydrogens (tertiary/aromatic N) is 6. The highest BCUT2D eigenvalue weighted by Gasteiger charge is 2.27. The molecule has 0 amide bonds. The van der Waals surface area contributed by atoms with Crippen molar-refractivity contribution in [3.05, 3.63) is 24.3 Å². The number of aromatic nitrogens is 4. The molecule has 0 saturated heterocycles. The Morgan fingerprint density at radius 1 is 1.00 bits per heavy atom. The van der Waals surface area contributed by atoms with Gasteiger partial charge in [0.2, 0.25) is 17.8 Å². The van der Waals surface area contributed by atoms with Crippen LogP contribution in [0.15, 0.2) is 24.3 Å². The number of carbonyl (C=O) groups is 1. The van der Waals surface area contributed by atoms with Gasteiger partial charge in [-0.05, 0) is 19.1 Å². The molecule has 29 heavy (non-hydrogen) atoms. The number of rotatable bonds is 8. The zero-order valence-corrected chi connectivity index (χ0v) is 17.7. The number of hydrogen-bond acceptors (Lipinski definition) is 10. The largest absolute Gasteiger partial charge is 0.480 e. The van der Waals surface area contributed by atoms with Crippen molar-refractivity contribution >= 4 is 50.5 Å². The van der Waals surface area contributed by atoms with E-state index in [4.69, 9.17) is 0 Å². The first-order valence-electron chi connectivity index (χ1n) is 8.96. The lowest BCUT2D eigenvalue weighted by Gasteiger charge is -2.23. The highest BCUT2D eigenvalue weighted by Crippen LogP contribution is 2.26. The zero-order chi connectivity index (χ0) is 21.1. The number of carboxylic acids is 1. The predicted octanol–water partition coefficient (Wildman–Crippen LogP) is 1.98. The molecular formula is C18H24N8O2S. The topological polar surface area (TPSA) is 119 Å². The lowest BCUT2D eigenvalue weighted by Crippen LogP contribution is -2.43. The average Bonchev–Trinajstić information content (AvgIpc) is 3.07. The van der Waals surface area contributed by atoms with Gasteiger partial charge in [-0.2, -0.15) is 15.0 Å². The third-order valence-corrected chi connectivity index (χ3v) is 5.08. The first-order chi connectivity index (χ1) is 13.7. The molecule has 0 radical (unpaired) electrons. The fraction of sp³-hybridized carbons (Fsp3) is 0.389. The van der Waals surface area contributed by atoms with Gasteiger partial charge in [0.25, 0.3) is 0 Å². The summed E-state index contributed by atoms with van der Waals surface area (Å²) in [6.07, 6.45) is 0. The Bertz CT molecular complexity index is 947. The second-order valence-corrected chi connectivity index (χ2v) is 7.96. The Kier molecular flexibility index (Phi) is 5.97. The van der Waals surface area contributed by atoms with Crippen LogP contribution in [0.3, 0.4) is 0 Å². The van der Waals surface area contributed by atoms with Crippen molar-refractivity contribution in [3.63, 3.8) is 0 Å². The number of thiazole rings is 1. The molecule has 0 bridgehead atoms. The third-order valence-electron chi connectivity index (χ3n) is 4.11. The van der Waals surface area contributed by atoms with Crippen molar-refractivity contribution in [1.29, 1.82) is 0 Å². The molecule has 1 aromatic carbocycles. The fourth-order valence-corrected chi connectivity index (χ4v) is 3.53. The third kappa shape index (κ3) is 4.80. The summed E-state index contributed by atoms with van der Waals surface area (Å²) < 4.78 is 1.03. The van der Waals surface area contributed by atoms with E-state index in [1.165, 1.54) is 11.3 Å². The van der Waals surface area contributed by atoms with Gasteiger partial charge in [-0.25, -0.2) is 9.78 Å². The minimum atomic E-state index is -1.02. The Balaban J connectivity index is 1.83. The summed E-state index contributed by atoms with van der Waals surface area (Å²) in [5, 5.41) is 16.5. The summed E-state index contributed by atoms with van der Waals surface area (Å²) >= 11 is 1.48. The maximum atomic E-state index is 11.9. The Morgan fingerprint density at radius 3 is 2.17 bits per heavy atom. The minimum Gasteiger partial charge on any atom is -0.480 e. The molecule has 0 aliphatic rings. The van der Waals surface area contributed by atoms with Crippen LogP contribution < -0.4 is 20.4 Å². The number of benzene rings is 1. The monoisotopic (exact) mass is 416 g/mol. The lowest BCUT2D eigenvalue weighted by atomic mass is 10.1. The smallest absolute Gasteiger partial charge is 0.328 e. The molecule has 0 fully saturated rings. The summed E-state index contributed by atoms with van der Waals surface area (Å²) in [5.41, 5.74) is 0.871. The van der Waals surface area contributed by atoms with E-state index in [0.29, 0.717) is 17.0 Å². The molecule has 3 N–H and O–H groups in total. The van der Waals surface area contributed by atoms with Crippen LogP contribution in [-0.4, -0.2) is 71.3 Å². The van der Waals surface area contributed by atoms with Crippen molar-refractivity contribution in [3.8, 4) is 0 Å². The van der Waals surface area contributed by atoms with Gasteiger partial charge in [0, 0.05) is 28.2 Å². The Hall–Kier alpha value is -3.21. The Morgan fingerprint density at radius 2 is 1.62 bits per heavy atom. The van der Waals surface area contributed by atoms with Gasteiger partial charge in [0.1, 0.15) is 6.04 Å². The molecule has 2 aromatic heterocycles. The summed E-state index contributed by atoms with van der Waals surface area (Å²) in [7, 11) is 7.24. The first kappa shape index (κ1) is 20.5. The van der Waals surface area contributed by atoms with E-state index in [1.807, 2.05) is 52.5 Å². The summed E-state index contributed by atoms with van der Waals surface area (Å²) in [6.45, 7) is 1.78. The van der Waals surface area contributed by atoms with Crippen LogP contribution >= 0.6 is 11.3 Å². The quantitative estimate of drug-likeness (QED) is 0.503. The number of nitrogens with one attached hydrogen (secondary N) is 2. The number of carboxylic acid groups (broad SMARTS) is 1. The number of para-hydroxylation sites is 1. The van der Waals surface area contributed by atoms with Crippen molar-refractivity contribution in [2.75, 3.05) is 48.6 Å². The number of anilines is 4. The summed E-state index contributed by atoms with van der Waals surface area (Å²) in [4.78, 5) is 32.9. The van der Waals surface area contributed by atoms with Gasteiger partial charge in [0.15, 0.2) is 5.13 Å². The standard InChI is InChI=1S/C18H24N8O2S/c1-10(19-18-20-11-8-6-7-9-12(11)29-18)13(14(27)28)21-15-22-16(25(2)3)24-17(23-15)26(4)5/h6-10,13H,1-5H3,(H,19,20)(H,27,28)(H,21,22,23,24)/t10?,13-/m1/s1. The summed E-state index contributed by atoms with van der Waals surface area (Å²) in [6, 6.07) is 6.31. The molecule has 3 aromatic rings. The van der Waals surface area contributed by atoms with E-state index in [0.717, 1.165) is 10.2 Å². The second-order valence-electron chi connectivity index (χ2n) is 6.93. The molecule has 2 atom stereocenters. The highest BCUT2D eigenvalue weighted by atomic mass is 32.1. The van der Waals surface area contributed by atoms with Crippen molar-refractivity contribution in [1.82, 2.24) is 19.9 Å². The van der Waals surface area contributed by atoms with E-state index in [2.05, 4.69) is 30.6 Å². The van der Waals surface area contributed by atoms with Crippen LogP contribution in [0, 0.1) is 0 Å². The van der Waals surface area contributed by atoms with Crippen LogP contribution in [0.1, 0.15) is 6.92 Å². The van der Waals surface area contributed by atoms with Crippen molar-refractivity contribution in [2.24, 2.45) is 0 Å². The Labute approximate surface area is 172 Å². The SMILES string of the molecule is CC(Nc1nc2ccccc2s1)[C@@H](Nc1nc(N(C)C)nc(N(C)C)n1)C(=O)O. The molecule has 11 heteroatoms. The maximum absolute atomic E-state index is 11.9. The van der Waals surface area contributed by atoms with E-state index in [9.17, 15) is 9.90 Å². The molecule has 2 heterocycles. The number of fused-ring (bicyclic) bond motifs is 1. The van der Waals surface area contributed by atoms with Gasteiger partial charge >= 0.3 is 5.97 Å². The normalized spacial score (nSPS) is 13.0. The molecule has 3 rings (SSSR count). The van der Waals surface area contributed by atoms with E-state index in [-0.39, 0.29) is 5.95 Å². The molecular weight excluding hydrogens is 392 g/mol. The van der Waals surface area contributed by atoms with E-state index in [1.54, 1.807) is 16.7 Å². The van der Waals surface area contributed by atoms with Crippen LogP contribution in [-0.2, 0) is 4.79 Å². The van der Waals surface area contributed by atoms with Crippen molar-refractivity contribution in [2.45, 2.75) is 19.0 Å². The van der Waals surface area contributed by atoms with Gasteiger partial charge in [0.05, 0.1) is 16.3 Å². The summed E-state index contributed by atoms with van der Waals surface area (Å²) in [5.74, 6) is 0.0336. The number of hydrogen-bond donors (Lipinski definition) is 3. The minimum absolute atomic E-state index is 0.192. The van der Waals surface area contributed by atoms with Crippen LogP contribution in [0.2, 0.25) is 0 Å². The molecule has 1 unspecified atom stereocenters. The molecule has 154 valence electrons. The molecule has 0 aliphatic carbocycles. The predicted molar refractivity (Wildman–Crippen MR) is 116 cm³/mol. The van der Waals surface area contributed by atoms with Gasteiger partial charge in [-0.3, -0.25) is 0 Å². The van der Waals surface area contributed by atoms with Crippen LogP contribution in [0.4, 0.5) is 23.0 Å². The van der Waals surface area contributed by atoms with E-state index < -0.39 is 18.1 Å². The van der Waals surface area contributed by atoms with Gasteiger partial charge < -0.3 is 25.5 Å². The maximum Gasteiger partial charge on any atom is 0.328 e. The molecule has 0 spiro atoms. The molecule has 0 aliphatic heterocycles. The molecule has 0 saturated carbocycles. The highest BCUT2D eigenvalue weighted by molar-refractivity contribution is 7.22. The lowest BCUT2D eigenvalue weighted by molar-refractivity contribution is -0.138. The number of aliphatic carboxylic acids is 1. The van der Waals surface area contributed by atoms with E-state index >= 15 is 0 Å². The van der Waals surface area contributed by atoms with Crippen molar-refractivity contribution < 1.29 is 9.90 Å². The first-order valence-corrected chi connectivity index (χ1v) is 9.78. The second kappa shape index (κ2) is 8.43. The van der Waals surface area contributed by atoms with Gasteiger partial charge in [-0.15, -0.1) is 0 Å². The average molecular weight is 417 g/mol. The molecule has 10 nitrogen and oxygen atoms in total. The van der Waals surface area contributed by atoms with Gasteiger partial charge in [-0.1, -0.05) is 23.5 Å². The van der Waals surface area contributed by atoms with Crippen LogP contribution in [0.5, 0.6) is 0 Å². The fourth-order valence-electron chi connectivity index (χ4n) is 2.57. The van der Waals surface area contributed by atoms with Crippen LogP contribution in [0.25, 0.3) is 10.2 Å².